The monoisotopic (exact) mass is 293 g/mol. The predicted octanol–water partition coefficient (Wildman–Crippen LogP) is 2.41. The summed E-state index contributed by atoms with van der Waals surface area (Å²) in [7, 11) is 0. The van der Waals surface area contributed by atoms with Crippen molar-refractivity contribution >= 4 is 5.95 Å². The van der Waals surface area contributed by atoms with Crippen LogP contribution < -0.4 is 10.9 Å². The fraction of sp³-hybridized carbons (Fsp3) is 0.667. The molecular weight excluding hydrogens is 275 g/mol. The van der Waals surface area contributed by atoms with E-state index in [0.29, 0.717) is 32.2 Å². The summed E-state index contributed by atoms with van der Waals surface area (Å²) in [5.74, 6) is -0.182. The van der Waals surface area contributed by atoms with Crippen molar-refractivity contribution in [3.63, 3.8) is 0 Å². The first-order valence-corrected chi connectivity index (χ1v) is 6.43. The summed E-state index contributed by atoms with van der Waals surface area (Å²) in [5.41, 5.74) is -2.04. The second-order valence-corrected chi connectivity index (χ2v) is 4.22. The SMILES string of the molecule is CCCCOCCCNc1nc(C(F)(F)F)cc(=O)[nH]1. The number of hydrogen-bond acceptors (Lipinski definition) is 4. The van der Waals surface area contributed by atoms with Crippen LogP contribution in [0.2, 0.25) is 0 Å². The average Bonchev–Trinajstić information content (AvgIpc) is 2.36. The van der Waals surface area contributed by atoms with E-state index in [0.717, 1.165) is 12.8 Å². The van der Waals surface area contributed by atoms with Gasteiger partial charge in [0.1, 0.15) is 0 Å². The zero-order chi connectivity index (χ0) is 15.0. The molecule has 0 aliphatic carbocycles. The lowest BCUT2D eigenvalue weighted by atomic mass is 10.3. The first-order valence-electron chi connectivity index (χ1n) is 6.43. The highest BCUT2D eigenvalue weighted by Crippen LogP contribution is 2.26. The molecule has 114 valence electrons. The van der Waals surface area contributed by atoms with E-state index in [1.165, 1.54) is 0 Å². The minimum absolute atomic E-state index is 0.182. The Morgan fingerprint density at radius 3 is 2.70 bits per heavy atom. The molecule has 0 aliphatic rings. The van der Waals surface area contributed by atoms with Crippen LogP contribution in [0, 0.1) is 0 Å². The van der Waals surface area contributed by atoms with Gasteiger partial charge in [-0.1, -0.05) is 13.3 Å². The predicted molar refractivity (Wildman–Crippen MR) is 68.7 cm³/mol. The zero-order valence-corrected chi connectivity index (χ0v) is 11.2. The van der Waals surface area contributed by atoms with Gasteiger partial charge in [-0.3, -0.25) is 9.78 Å². The van der Waals surface area contributed by atoms with Crippen LogP contribution in [-0.4, -0.2) is 29.7 Å². The Morgan fingerprint density at radius 2 is 2.05 bits per heavy atom. The first kappa shape index (κ1) is 16.5. The second-order valence-electron chi connectivity index (χ2n) is 4.22. The van der Waals surface area contributed by atoms with Gasteiger partial charge in [-0.25, -0.2) is 4.98 Å². The highest BCUT2D eigenvalue weighted by Gasteiger charge is 2.33. The number of hydrogen-bond donors (Lipinski definition) is 2. The van der Waals surface area contributed by atoms with Gasteiger partial charge in [0.05, 0.1) is 0 Å². The van der Waals surface area contributed by atoms with Gasteiger partial charge in [0.2, 0.25) is 5.95 Å². The maximum Gasteiger partial charge on any atom is 0.433 e. The van der Waals surface area contributed by atoms with Crippen molar-refractivity contribution in [2.75, 3.05) is 25.1 Å². The standard InChI is InChI=1S/C12H18F3N3O2/c1-2-3-6-20-7-4-5-16-11-17-9(12(13,14)15)8-10(19)18-11/h8H,2-7H2,1H3,(H2,16,17,18,19). The molecule has 0 saturated heterocycles. The maximum atomic E-state index is 12.4. The summed E-state index contributed by atoms with van der Waals surface area (Å²) in [6.45, 7) is 3.61. The summed E-state index contributed by atoms with van der Waals surface area (Å²) < 4.78 is 42.6. The summed E-state index contributed by atoms with van der Waals surface area (Å²) in [6.07, 6.45) is -1.98. The molecule has 0 atom stereocenters. The third-order valence-corrected chi connectivity index (χ3v) is 2.43. The van der Waals surface area contributed by atoms with Crippen molar-refractivity contribution in [2.45, 2.75) is 32.4 Å². The van der Waals surface area contributed by atoms with Gasteiger partial charge in [0.15, 0.2) is 5.69 Å². The Labute approximate surface area is 114 Å². The zero-order valence-electron chi connectivity index (χ0n) is 11.2. The number of anilines is 1. The molecule has 5 nitrogen and oxygen atoms in total. The van der Waals surface area contributed by atoms with E-state index < -0.39 is 17.4 Å². The number of rotatable bonds is 8. The van der Waals surface area contributed by atoms with Crippen LogP contribution in [0.4, 0.5) is 19.1 Å². The highest BCUT2D eigenvalue weighted by atomic mass is 19.4. The van der Waals surface area contributed by atoms with Gasteiger partial charge in [-0.15, -0.1) is 0 Å². The normalized spacial score (nSPS) is 11.6. The summed E-state index contributed by atoms with van der Waals surface area (Å²) >= 11 is 0. The van der Waals surface area contributed by atoms with Gasteiger partial charge in [0, 0.05) is 25.8 Å². The Morgan fingerprint density at radius 1 is 1.35 bits per heavy atom. The van der Waals surface area contributed by atoms with Crippen LogP contribution in [0.25, 0.3) is 0 Å². The number of halogens is 3. The minimum Gasteiger partial charge on any atom is -0.381 e. The molecule has 0 saturated carbocycles. The molecule has 1 aromatic heterocycles. The van der Waals surface area contributed by atoms with E-state index in [1.54, 1.807) is 0 Å². The van der Waals surface area contributed by atoms with Crippen LogP contribution >= 0.6 is 0 Å². The lowest BCUT2D eigenvalue weighted by Gasteiger charge is -2.09. The van der Waals surface area contributed by atoms with Crippen LogP contribution in [-0.2, 0) is 10.9 Å². The molecule has 0 aliphatic heterocycles. The molecule has 1 aromatic rings. The molecule has 0 fully saturated rings. The number of nitrogens with zero attached hydrogens (tertiary/aromatic N) is 1. The lowest BCUT2D eigenvalue weighted by molar-refractivity contribution is -0.141. The van der Waals surface area contributed by atoms with E-state index in [2.05, 4.69) is 22.2 Å². The molecule has 0 bridgehead atoms. The molecule has 0 spiro atoms. The number of H-pyrrole nitrogens is 1. The van der Waals surface area contributed by atoms with E-state index in [-0.39, 0.29) is 5.95 Å². The van der Waals surface area contributed by atoms with Crippen LogP contribution in [0.3, 0.4) is 0 Å². The third-order valence-electron chi connectivity index (χ3n) is 2.43. The number of aromatic amines is 1. The van der Waals surface area contributed by atoms with E-state index >= 15 is 0 Å². The van der Waals surface area contributed by atoms with Crippen molar-refractivity contribution in [1.82, 2.24) is 9.97 Å². The van der Waals surface area contributed by atoms with Gasteiger partial charge < -0.3 is 10.1 Å². The Hall–Kier alpha value is -1.57. The maximum absolute atomic E-state index is 12.4. The fourth-order valence-corrected chi connectivity index (χ4v) is 1.42. The number of aromatic nitrogens is 2. The van der Waals surface area contributed by atoms with Crippen molar-refractivity contribution in [2.24, 2.45) is 0 Å². The largest absolute Gasteiger partial charge is 0.433 e. The third kappa shape index (κ3) is 6.05. The van der Waals surface area contributed by atoms with Crippen molar-refractivity contribution in [3.05, 3.63) is 22.1 Å². The molecule has 1 rings (SSSR count). The quantitative estimate of drug-likeness (QED) is 0.722. The van der Waals surface area contributed by atoms with E-state index in [9.17, 15) is 18.0 Å². The molecule has 0 unspecified atom stereocenters. The van der Waals surface area contributed by atoms with Gasteiger partial charge in [-0.2, -0.15) is 13.2 Å². The lowest BCUT2D eigenvalue weighted by Crippen LogP contribution is -2.19. The average molecular weight is 293 g/mol. The van der Waals surface area contributed by atoms with Crippen molar-refractivity contribution < 1.29 is 17.9 Å². The van der Waals surface area contributed by atoms with Gasteiger partial charge in [-0.05, 0) is 12.8 Å². The molecular formula is C12H18F3N3O2. The van der Waals surface area contributed by atoms with Gasteiger partial charge >= 0.3 is 6.18 Å². The molecule has 8 heteroatoms. The molecule has 20 heavy (non-hydrogen) atoms. The fourth-order valence-electron chi connectivity index (χ4n) is 1.42. The Kier molecular flexibility index (Phi) is 6.50. The molecule has 0 amide bonds. The van der Waals surface area contributed by atoms with Crippen LogP contribution in [0.5, 0.6) is 0 Å². The number of unbranched alkanes of at least 4 members (excludes halogenated alkanes) is 1. The number of alkyl halides is 3. The van der Waals surface area contributed by atoms with Crippen molar-refractivity contribution in [1.29, 1.82) is 0 Å². The summed E-state index contributed by atoms with van der Waals surface area (Å²) in [5, 5.41) is 2.64. The molecule has 0 aromatic carbocycles. The first-order chi connectivity index (χ1) is 9.43. The van der Waals surface area contributed by atoms with Crippen LogP contribution in [0.1, 0.15) is 31.9 Å². The second kappa shape index (κ2) is 7.88. The summed E-state index contributed by atoms with van der Waals surface area (Å²) in [4.78, 5) is 16.6. The topological polar surface area (TPSA) is 67.0 Å². The van der Waals surface area contributed by atoms with E-state index in [4.69, 9.17) is 4.74 Å². The van der Waals surface area contributed by atoms with Crippen molar-refractivity contribution in [3.8, 4) is 0 Å². The number of nitrogens with one attached hydrogen (secondary N) is 2. The molecule has 0 radical (unpaired) electrons. The number of ether oxygens (including phenoxy) is 1. The smallest absolute Gasteiger partial charge is 0.381 e. The Bertz CT molecular complexity index is 460. The molecule has 1 heterocycles. The van der Waals surface area contributed by atoms with Crippen LogP contribution in [0.15, 0.2) is 10.9 Å². The Balaban J connectivity index is 2.41. The highest BCUT2D eigenvalue weighted by molar-refractivity contribution is 5.25. The van der Waals surface area contributed by atoms with E-state index in [1.807, 2.05) is 0 Å². The minimum atomic E-state index is -4.63. The summed E-state index contributed by atoms with van der Waals surface area (Å²) in [6, 6.07) is 0.430. The van der Waals surface area contributed by atoms with Gasteiger partial charge in [0.25, 0.3) is 5.56 Å². The molecule has 2 N–H and O–H groups in total.